The second-order valence-electron chi connectivity index (χ2n) is 11.4. The molecule has 9 heteroatoms. The molecule has 6 rings (SSSR count). The van der Waals surface area contributed by atoms with E-state index in [2.05, 4.69) is 43.0 Å². The van der Waals surface area contributed by atoms with Gasteiger partial charge in [-0.25, -0.2) is 9.97 Å². The average molecular weight is 619 g/mol. The van der Waals surface area contributed by atoms with Crippen LogP contribution in [0.3, 0.4) is 0 Å². The molecule has 46 heavy (non-hydrogen) atoms. The number of benzene rings is 4. The predicted octanol–water partition coefficient (Wildman–Crippen LogP) is 6.66. The van der Waals surface area contributed by atoms with E-state index in [4.69, 9.17) is 28.9 Å². The zero-order valence-electron chi connectivity index (χ0n) is 27.0. The van der Waals surface area contributed by atoms with Crippen molar-refractivity contribution in [2.75, 3.05) is 53.0 Å². The van der Waals surface area contributed by atoms with Gasteiger partial charge in [-0.15, -0.1) is 0 Å². The maximum Gasteiger partial charge on any atom is 0.254 e. The molecule has 1 saturated heterocycles. The highest BCUT2D eigenvalue weighted by molar-refractivity contribution is 5.98. The Kier molecular flexibility index (Phi) is 8.66. The number of methoxy groups -OCH3 is 4. The van der Waals surface area contributed by atoms with E-state index in [1.54, 1.807) is 28.4 Å². The summed E-state index contributed by atoms with van der Waals surface area (Å²) in [6, 6.07) is 25.5. The standard InChI is InChI=1S/C37H38N4O5/c1-23-8-7-9-28(18-23)41-17-16-40(22-24(41)2)37(42)27-10-13-29-30(19-27)39-36(26-12-15-32(44-4)34(21-26)46-6)35(38-29)25-11-14-31(43-3)33(20-25)45-5/h7-15,18-21,24H,16-17,22H2,1-6H3/t24-/m1/s1. The number of fused-ring (bicyclic) bond motifs is 1. The van der Waals surface area contributed by atoms with Gasteiger partial charge in [0, 0.05) is 48.1 Å². The summed E-state index contributed by atoms with van der Waals surface area (Å²) in [5, 5.41) is 0. The normalized spacial score (nSPS) is 14.7. The van der Waals surface area contributed by atoms with Gasteiger partial charge >= 0.3 is 0 Å². The Balaban J connectivity index is 1.38. The number of nitrogens with zero attached hydrogens (tertiary/aromatic N) is 4. The van der Waals surface area contributed by atoms with Crippen LogP contribution in [0.2, 0.25) is 0 Å². The number of piperazine rings is 1. The number of rotatable bonds is 8. The molecule has 0 N–H and O–H groups in total. The molecule has 1 amide bonds. The van der Waals surface area contributed by atoms with E-state index >= 15 is 0 Å². The molecule has 236 valence electrons. The number of aromatic nitrogens is 2. The van der Waals surface area contributed by atoms with Crippen LogP contribution in [0.25, 0.3) is 33.5 Å². The van der Waals surface area contributed by atoms with E-state index in [-0.39, 0.29) is 11.9 Å². The summed E-state index contributed by atoms with van der Waals surface area (Å²) in [4.78, 5) is 28.3. The number of amides is 1. The lowest BCUT2D eigenvalue weighted by Crippen LogP contribution is -2.53. The Morgan fingerprint density at radius 2 is 1.30 bits per heavy atom. The number of anilines is 1. The molecular weight excluding hydrogens is 580 g/mol. The van der Waals surface area contributed by atoms with Gasteiger partial charge in [0.05, 0.1) is 50.9 Å². The van der Waals surface area contributed by atoms with E-state index in [1.165, 1.54) is 11.3 Å². The van der Waals surface area contributed by atoms with Crippen molar-refractivity contribution < 1.29 is 23.7 Å². The van der Waals surface area contributed by atoms with Crippen LogP contribution in [-0.4, -0.2) is 74.9 Å². The number of hydrogen-bond donors (Lipinski definition) is 0. The largest absolute Gasteiger partial charge is 0.493 e. The summed E-state index contributed by atoms with van der Waals surface area (Å²) in [6.07, 6.45) is 0. The summed E-state index contributed by atoms with van der Waals surface area (Å²) in [6.45, 7) is 6.30. The van der Waals surface area contributed by atoms with E-state index in [0.29, 0.717) is 64.1 Å². The fourth-order valence-corrected chi connectivity index (χ4v) is 6.07. The first-order valence-corrected chi connectivity index (χ1v) is 15.2. The third-order valence-electron chi connectivity index (χ3n) is 8.47. The third kappa shape index (κ3) is 5.88. The molecule has 1 aromatic heterocycles. The van der Waals surface area contributed by atoms with Gasteiger partial charge in [-0.2, -0.15) is 0 Å². The zero-order valence-corrected chi connectivity index (χ0v) is 27.0. The van der Waals surface area contributed by atoms with Crippen LogP contribution < -0.4 is 23.8 Å². The minimum Gasteiger partial charge on any atom is -0.493 e. The second-order valence-corrected chi connectivity index (χ2v) is 11.4. The first-order valence-electron chi connectivity index (χ1n) is 15.2. The highest BCUT2D eigenvalue weighted by Gasteiger charge is 2.28. The van der Waals surface area contributed by atoms with E-state index in [0.717, 1.165) is 17.7 Å². The van der Waals surface area contributed by atoms with E-state index < -0.39 is 0 Å². The molecular formula is C37H38N4O5. The Morgan fingerprint density at radius 1 is 0.696 bits per heavy atom. The summed E-state index contributed by atoms with van der Waals surface area (Å²) >= 11 is 0. The Bertz CT molecular complexity index is 1910. The fourth-order valence-electron chi connectivity index (χ4n) is 6.07. The average Bonchev–Trinajstić information content (AvgIpc) is 3.09. The van der Waals surface area contributed by atoms with Crippen LogP contribution >= 0.6 is 0 Å². The number of ether oxygens (including phenoxy) is 4. The molecule has 0 bridgehead atoms. The Labute approximate surface area is 269 Å². The Hall–Kier alpha value is -5.31. The molecule has 4 aromatic carbocycles. The topological polar surface area (TPSA) is 86.3 Å². The fraction of sp³-hybridized carbons (Fsp3) is 0.270. The van der Waals surface area contributed by atoms with E-state index in [9.17, 15) is 4.79 Å². The molecule has 5 aromatic rings. The first-order chi connectivity index (χ1) is 22.3. The number of aryl methyl sites for hydroxylation is 1. The Morgan fingerprint density at radius 3 is 1.87 bits per heavy atom. The minimum atomic E-state index is -0.0175. The number of carbonyl (C=O) groups is 1. The van der Waals surface area contributed by atoms with Crippen LogP contribution in [0.4, 0.5) is 5.69 Å². The lowest BCUT2D eigenvalue weighted by atomic mass is 10.0. The minimum absolute atomic E-state index is 0.0175. The van der Waals surface area contributed by atoms with Crippen molar-refractivity contribution in [3.8, 4) is 45.5 Å². The SMILES string of the molecule is COc1ccc(-c2nc3ccc(C(=O)N4CCN(c5cccc(C)c5)[C@H](C)C4)cc3nc2-c2ccc(OC)c(OC)c2)cc1OC. The van der Waals surface area contributed by atoms with Gasteiger partial charge in [-0.1, -0.05) is 12.1 Å². The highest BCUT2D eigenvalue weighted by atomic mass is 16.5. The molecule has 0 saturated carbocycles. The van der Waals surface area contributed by atoms with Crippen molar-refractivity contribution in [1.82, 2.24) is 14.9 Å². The van der Waals surface area contributed by atoms with Crippen molar-refractivity contribution in [2.45, 2.75) is 19.9 Å². The first kappa shape index (κ1) is 30.7. The lowest BCUT2D eigenvalue weighted by molar-refractivity contribution is 0.0726. The molecule has 0 aliphatic carbocycles. The molecule has 1 atom stereocenters. The zero-order chi connectivity index (χ0) is 32.4. The predicted molar refractivity (Wildman–Crippen MR) is 181 cm³/mol. The number of carbonyl (C=O) groups excluding carboxylic acids is 1. The van der Waals surface area contributed by atoms with Crippen LogP contribution in [0.15, 0.2) is 78.9 Å². The second kappa shape index (κ2) is 13.0. The molecule has 0 spiro atoms. The molecule has 2 heterocycles. The van der Waals surface area contributed by atoms with Crippen molar-refractivity contribution >= 4 is 22.6 Å². The van der Waals surface area contributed by atoms with Gasteiger partial charge in [0.25, 0.3) is 5.91 Å². The molecule has 1 fully saturated rings. The van der Waals surface area contributed by atoms with Gasteiger partial charge in [-0.3, -0.25) is 4.79 Å². The number of hydrogen-bond acceptors (Lipinski definition) is 8. The van der Waals surface area contributed by atoms with Crippen LogP contribution in [0.1, 0.15) is 22.8 Å². The summed E-state index contributed by atoms with van der Waals surface area (Å²) in [5.74, 6) is 2.36. The molecule has 0 radical (unpaired) electrons. The summed E-state index contributed by atoms with van der Waals surface area (Å²) in [7, 11) is 6.41. The smallest absolute Gasteiger partial charge is 0.254 e. The molecule has 0 unspecified atom stereocenters. The van der Waals surface area contributed by atoms with Crippen LogP contribution in [0.5, 0.6) is 23.0 Å². The van der Waals surface area contributed by atoms with Crippen molar-refractivity contribution in [1.29, 1.82) is 0 Å². The molecule has 9 nitrogen and oxygen atoms in total. The van der Waals surface area contributed by atoms with Gasteiger partial charge in [-0.05, 0) is 86.1 Å². The molecule has 1 aliphatic rings. The van der Waals surface area contributed by atoms with Gasteiger partial charge in [0.1, 0.15) is 0 Å². The van der Waals surface area contributed by atoms with Crippen LogP contribution in [0, 0.1) is 6.92 Å². The van der Waals surface area contributed by atoms with Gasteiger partial charge in [0.15, 0.2) is 23.0 Å². The van der Waals surface area contributed by atoms with Gasteiger partial charge in [0.2, 0.25) is 0 Å². The monoisotopic (exact) mass is 618 g/mol. The lowest BCUT2D eigenvalue weighted by Gasteiger charge is -2.41. The summed E-state index contributed by atoms with van der Waals surface area (Å²) < 4.78 is 22.1. The quantitative estimate of drug-likeness (QED) is 0.191. The van der Waals surface area contributed by atoms with Gasteiger partial charge < -0.3 is 28.7 Å². The van der Waals surface area contributed by atoms with Crippen molar-refractivity contribution in [2.24, 2.45) is 0 Å². The maximum absolute atomic E-state index is 13.8. The van der Waals surface area contributed by atoms with E-state index in [1.807, 2.05) is 59.5 Å². The van der Waals surface area contributed by atoms with Crippen molar-refractivity contribution in [3.63, 3.8) is 0 Å². The van der Waals surface area contributed by atoms with Crippen LogP contribution in [-0.2, 0) is 0 Å². The summed E-state index contributed by atoms with van der Waals surface area (Å²) in [5.41, 5.74) is 7.15. The van der Waals surface area contributed by atoms with Crippen molar-refractivity contribution in [3.05, 3.63) is 90.0 Å². The molecule has 1 aliphatic heterocycles. The highest BCUT2D eigenvalue weighted by Crippen LogP contribution is 2.39. The third-order valence-corrected chi connectivity index (χ3v) is 8.47. The maximum atomic E-state index is 13.8.